The summed E-state index contributed by atoms with van der Waals surface area (Å²) in [4.78, 5) is 11.4. The molecule has 0 fully saturated rings. The van der Waals surface area contributed by atoms with E-state index in [-0.39, 0.29) is 25.0 Å². The van der Waals surface area contributed by atoms with Crippen molar-refractivity contribution >= 4 is 21.8 Å². The standard InChI is InChI=1S/C12H15BrFNO3/c1-2-9(6-16)15-12(17)7-18-11-4-3-8(13)5-10(11)14/h3-5,9,16H,2,6-7H2,1H3,(H,15,17). The number of benzene rings is 1. The van der Waals surface area contributed by atoms with Gasteiger partial charge in [-0.2, -0.15) is 0 Å². The van der Waals surface area contributed by atoms with Crippen molar-refractivity contribution in [2.75, 3.05) is 13.2 Å². The van der Waals surface area contributed by atoms with Crippen molar-refractivity contribution in [3.8, 4) is 5.75 Å². The summed E-state index contributed by atoms with van der Waals surface area (Å²) >= 11 is 3.13. The molecular formula is C12H15BrFNO3. The highest BCUT2D eigenvalue weighted by atomic mass is 79.9. The predicted molar refractivity (Wildman–Crippen MR) is 68.9 cm³/mol. The maximum Gasteiger partial charge on any atom is 0.258 e. The quantitative estimate of drug-likeness (QED) is 0.841. The average molecular weight is 320 g/mol. The molecule has 0 saturated carbocycles. The molecule has 1 aromatic rings. The van der Waals surface area contributed by atoms with Gasteiger partial charge < -0.3 is 15.2 Å². The Kier molecular flexibility index (Phi) is 6.07. The molecule has 100 valence electrons. The fourth-order valence-corrected chi connectivity index (χ4v) is 1.61. The number of hydrogen-bond donors (Lipinski definition) is 2. The first-order chi connectivity index (χ1) is 8.56. The molecule has 0 aliphatic rings. The number of halogens is 2. The van der Waals surface area contributed by atoms with Crippen molar-refractivity contribution in [2.45, 2.75) is 19.4 Å². The van der Waals surface area contributed by atoms with Crippen molar-refractivity contribution in [3.05, 3.63) is 28.5 Å². The molecule has 18 heavy (non-hydrogen) atoms. The Morgan fingerprint density at radius 1 is 1.61 bits per heavy atom. The normalized spacial score (nSPS) is 12.0. The lowest BCUT2D eigenvalue weighted by atomic mass is 10.2. The summed E-state index contributed by atoms with van der Waals surface area (Å²) in [6, 6.07) is 4.03. The zero-order valence-electron chi connectivity index (χ0n) is 9.95. The van der Waals surface area contributed by atoms with Gasteiger partial charge in [0.15, 0.2) is 18.2 Å². The van der Waals surface area contributed by atoms with Gasteiger partial charge in [-0.3, -0.25) is 4.79 Å². The summed E-state index contributed by atoms with van der Waals surface area (Å²) < 4.78 is 19.0. The van der Waals surface area contributed by atoms with E-state index in [0.29, 0.717) is 10.9 Å². The van der Waals surface area contributed by atoms with Crippen LogP contribution in [0.25, 0.3) is 0 Å². The molecule has 0 saturated heterocycles. The lowest BCUT2D eigenvalue weighted by Gasteiger charge is -2.14. The number of rotatable bonds is 6. The van der Waals surface area contributed by atoms with Crippen LogP contribution in [-0.2, 0) is 4.79 Å². The highest BCUT2D eigenvalue weighted by Crippen LogP contribution is 2.21. The molecule has 1 aromatic carbocycles. The monoisotopic (exact) mass is 319 g/mol. The SMILES string of the molecule is CCC(CO)NC(=O)COc1ccc(Br)cc1F. The van der Waals surface area contributed by atoms with Gasteiger partial charge >= 0.3 is 0 Å². The summed E-state index contributed by atoms with van der Waals surface area (Å²) in [6.45, 7) is 1.43. The third kappa shape index (κ3) is 4.62. The molecule has 4 nitrogen and oxygen atoms in total. The van der Waals surface area contributed by atoms with Crippen molar-refractivity contribution < 1.29 is 19.0 Å². The molecule has 1 rings (SSSR count). The Morgan fingerprint density at radius 2 is 2.33 bits per heavy atom. The molecule has 1 amide bonds. The molecular weight excluding hydrogens is 305 g/mol. The number of amides is 1. The predicted octanol–water partition coefficient (Wildman–Crippen LogP) is 1.85. The van der Waals surface area contributed by atoms with E-state index in [1.54, 1.807) is 6.07 Å². The third-order valence-corrected chi connectivity index (χ3v) is 2.82. The number of nitrogens with one attached hydrogen (secondary N) is 1. The molecule has 0 radical (unpaired) electrons. The van der Waals surface area contributed by atoms with Crippen molar-refractivity contribution in [1.29, 1.82) is 0 Å². The van der Waals surface area contributed by atoms with Gasteiger partial charge in [-0.05, 0) is 24.6 Å². The lowest BCUT2D eigenvalue weighted by molar-refractivity contribution is -0.124. The summed E-state index contributed by atoms with van der Waals surface area (Å²) in [5, 5.41) is 11.5. The molecule has 2 N–H and O–H groups in total. The van der Waals surface area contributed by atoms with Crippen LogP contribution in [0, 0.1) is 5.82 Å². The van der Waals surface area contributed by atoms with Gasteiger partial charge in [0.25, 0.3) is 5.91 Å². The molecule has 0 spiro atoms. The Bertz CT molecular complexity index is 410. The second kappa shape index (κ2) is 7.33. The fraction of sp³-hybridized carbons (Fsp3) is 0.417. The minimum Gasteiger partial charge on any atom is -0.481 e. The summed E-state index contributed by atoms with van der Waals surface area (Å²) in [7, 11) is 0. The molecule has 0 bridgehead atoms. The molecule has 1 unspecified atom stereocenters. The Morgan fingerprint density at radius 3 is 2.89 bits per heavy atom. The van der Waals surface area contributed by atoms with Gasteiger partial charge in [-0.1, -0.05) is 22.9 Å². The van der Waals surface area contributed by atoms with Crippen LogP contribution >= 0.6 is 15.9 Å². The first-order valence-electron chi connectivity index (χ1n) is 5.54. The van der Waals surface area contributed by atoms with Crippen LogP contribution in [0.4, 0.5) is 4.39 Å². The van der Waals surface area contributed by atoms with Crippen LogP contribution in [0.15, 0.2) is 22.7 Å². The largest absolute Gasteiger partial charge is 0.481 e. The minimum atomic E-state index is -0.536. The molecule has 6 heteroatoms. The van der Waals surface area contributed by atoms with Gasteiger partial charge in [0.1, 0.15) is 0 Å². The van der Waals surface area contributed by atoms with Crippen molar-refractivity contribution in [2.24, 2.45) is 0 Å². The third-order valence-electron chi connectivity index (χ3n) is 2.33. The van der Waals surface area contributed by atoms with Crippen molar-refractivity contribution in [1.82, 2.24) is 5.32 Å². The Labute approximate surface area is 113 Å². The summed E-state index contributed by atoms with van der Waals surface area (Å²) in [6.07, 6.45) is 0.620. The van der Waals surface area contributed by atoms with Crippen LogP contribution in [0.5, 0.6) is 5.75 Å². The zero-order valence-corrected chi connectivity index (χ0v) is 11.5. The van der Waals surface area contributed by atoms with E-state index < -0.39 is 11.7 Å². The Balaban J connectivity index is 2.47. The van der Waals surface area contributed by atoms with Gasteiger partial charge in [0, 0.05) is 4.47 Å². The fourth-order valence-electron chi connectivity index (χ4n) is 1.28. The van der Waals surface area contributed by atoms with E-state index in [4.69, 9.17) is 9.84 Å². The first-order valence-corrected chi connectivity index (χ1v) is 6.34. The number of aliphatic hydroxyl groups excluding tert-OH is 1. The van der Waals surface area contributed by atoms with Crippen LogP contribution in [0.1, 0.15) is 13.3 Å². The highest BCUT2D eigenvalue weighted by molar-refractivity contribution is 9.10. The summed E-state index contributed by atoms with van der Waals surface area (Å²) in [5.41, 5.74) is 0. The smallest absolute Gasteiger partial charge is 0.258 e. The number of carbonyl (C=O) groups excluding carboxylic acids is 1. The zero-order chi connectivity index (χ0) is 13.5. The van der Waals surface area contributed by atoms with Crippen LogP contribution in [0.3, 0.4) is 0 Å². The van der Waals surface area contributed by atoms with Gasteiger partial charge in [0.2, 0.25) is 0 Å². The van der Waals surface area contributed by atoms with Crippen LogP contribution < -0.4 is 10.1 Å². The average Bonchev–Trinajstić information content (AvgIpc) is 2.35. The molecule has 0 heterocycles. The number of carbonyl (C=O) groups is 1. The van der Waals surface area contributed by atoms with Gasteiger partial charge in [0.05, 0.1) is 12.6 Å². The first kappa shape index (κ1) is 14.9. The van der Waals surface area contributed by atoms with Gasteiger partial charge in [-0.25, -0.2) is 4.39 Å². The number of ether oxygens (including phenoxy) is 1. The highest BCUT2D eigenvalue weighted by Gasteiger charge is 2.11. The molecule has 0 aromatic heterocycles. The molecule has 1 atom stereocenters. The number of hydrogen-bond acceptors (Lipinski definition) is 3. The van der Waals surface area contributed by atoms with E-state index in [1.807, 2.05) is 6.92 Å². The maximum absolute atomic E-state index is 13.4. The second-order valence-corrected chi connectivity index (χ2v) is 4.63. The van der Waals surface area contributed by atoms with E-state index in [0.717, 1.165) is 0 Å². The van der Waals surface area contributed by atoms with Gasteiger partial charge in [-0.15, -0.1) is 0 Å². The van der Waals surface area contributed by atoms with E-state index in [1.165, 1.54) is 12.1 Å². The Hall–Kier alpha value is -1.14. The summed E-state index contributed by atoms with van der Waals surface area (Å²) in [5.74, 6) is -0.907. The maximum atomic E-state index is 13.4. The van der Waals surface area contributed by atoms with Crippen molar-refractivity contribution in [3.63, 3.8) is 0 Å². The van der Waals surface area contributed by atoms with Crippen LogP contribution in [0.2, 0.25) is 0 Å². The van der Waals surface area contributed by atoms with E-state index in [2.05, 4.69) is 21.2 Å². The van der Waals surface area contributed by atoms with E-state index >= 15 is 0 Å². The lowest BCUT2D eigenvalue weighted by Crippen LogP contribution is -2.39. The molecule has 0 aliphatic heterocycles. The topological polar surface area (TPSA) is 58.6 Å². The van der Waals surface area contributed by atoms with E-state index in [9.17, 15) is 9.18 Å². The number of aliphatic hydroxyl groups is 1. The van der Waals surface area contributed by atoms with Crippen LogP contribution in [-0.4, -0.2) is 30.3 Å². The molecule has 0 aliphatic carbocycles. The minimum absolute atomic E-state index is 0.0189. The second-order valence-electron chi connectivity index (χ2n) is 3.72.